The van der Waals surface area contributed by atoms with Gasteiger partial charge in [-0.25, -0.2) is 0 Å². The summed E-state index contributed by atoms with van der Waals surface area (Å²) in [6, 6.07) is 0. The van der Waals surface area contributed by atoms with E-state index in [1.54, 1.807) is 0 Å². The van der Waals surface area contributed by atoms with Gasteiger partial charge in [0.05, 0.1) is 30.5 Å². The minimum absolute atomic E-state index is 0.00923. The molecule has 0 bridgehead atoms. The van der Waals surface area contributed by atoms with Crippen molar-refractivity contribution in [3.63, 3.8) is 0 Å². The van der Waals surface area contributed by atoms with Crippen LogP contribution in [-0.2, 0) is 32.6 Å². The molecule has 2 aliphatic heterocycles. The Morgan fingerprint density at radius 1 is 0.659 bits per heavy atom. The Morgan fingerprint density at radius 2 is 1.02 bits per heavy atom. The highest BCUT2D eigenvalue weighted by Gasteiger charge is 2.67. The van der Waals surface area contributed by atoms with Crippen molar-refractivity contribution in [1.82, 2.24) is 0 Å². The summed E-state index contributed by atoms with van der Waals surface area (Å²) in [7, 11) is -3.71. The van der Waals surface area contributed by atoms with E-state index < -0.39 is 28.2 Å². The topological polar surface area (TPSA) is 92.7 Å². The molecular formula is C34H62O8Si2. The molecule has 44 heavy (non-hydrogen) atoms. The van der Waals surface area contributed by atoms with E-state index in [0.29, 0.717) is 18.6 Å². The van der Waals surface area contributed by atoms with E-state index in [1.165, 1.54) is 0 Å². The van der Waals surface area contributed by atoms with Crippen molar-refractivity contribution < 1.29 is 37.7 Å². The van der Waals surface area contributed by atoms with E-state index in [4.69, 9.17) is 27.8 Å². The van der Waals surface area contributed by atoms with Crippen LogP contribution in [0.15, 0.2) is 0 Å². The lowest BCUT2D eigenvalue weighted by molar-refractivity contribution is -0.191. The van der Waals surface area contributed by atoms with Crippen molar-refractivity contribution in [2.45, 2.75) is 198 Å². The molecule has 2 saturated heterocycles. The molecular weight excluding hydrogens is 593 g/mol. The molecule has 6 rings (SSSR count). The number of ether oxygens (including phenoxy) is 4. The molecule has 4 aliphatic carbocycles. The Labute approximate surface area is 268 Å². The lowest BCUT2D eigenvalue weighted by Crippen LogP contribution is -2.48. The smallest absolute Gasteiger partial charge is 0.192 e. The molecule has 6 aliphatic rings. The van der Waals surface area contributed by atoms with Gasteiger partial charge in [-0.3, -0.25) is 4.79 Å². The minimum atomic E-state index is -1.86. The lowest BCUT2D eigenvalue weighted by atomic mass is 9.64. The van der Waals surface area contributed by atoms with E-state index >= 15 is 0 Å². The Hall–Kier alpha value is -0.176. The molecule has 1 N–H and O–H groups in total. The highest BCUT2D eigenvalue weighted by molar-refractivity contribution is 6.74. The third-order valence-electron chi connectivity index (χ3n) is 12.3. The van der Waals surface area contributed by atoms with E-state index in [1.807, 2.05) is 27.7 Å². The Kier molecular flexibility index (Phi) is 8.51. The number of rotatable bonds is 4. The van der Waals surface area contributed by atoms with Crippen LogP contribution < -0.4 is 0 Å². The highest BCUT2D eigenvalue weighted by atomic mass is 28.4. The number of carbonyl (C=O) groups excluding carboxylic acids is 1. The molecule has 4 saturated carbocycles. The number of fused-ring (bicyclic) bond motifs is 4. The summed E-state index contributed by atoms with van der Waals surface area (Å²) in [6.45, 7) is 30.6. The molecule has 8 nitrogen and oxygen atoms in total. The van der Waals surface area contributed by atoms with E-state index in [9.17, 15) is 9.90 Å². The van der Waals surface area contributed by atoms with Gasteiger partial charge in [-0.15, -0.1) is 0 Å². The van der Waals surface area contributed by atoms with Crippen LogP contribution in [0.4, 0.5) is 0 Å². The zero-order valence-electron chi connectivity index (χ0n) is 30.1. The zero-order chi connectivity index (χ0) is 33.1. The van der Waals surface area contributed by atoms with Crippen LogP contribution in [0.5, 0.6) is 0 Å². The van der Waals surface area contributed by atoms with Crippen LogP contribution in [0.25, 0.3) is 0 Å². The van der Waals surface area contributed by atoms with E-state index in [2.05, 4.69) is 67.7 Å². The van der Waals surface area contributed by atoms with Crippen LogP contribution in [-0.4, -0.2) is 81.8 Å². The third-order valence-corrected chi connectivity index (χ3v) is 21.3. The van der Waals surface area contributed by atoms with E-state index in [-0.39, 0.29) is 63.6 Å². The van der Waals surface area contributed by atoms with Gasteiger partial charge in [-0.1, -0.05) is 41.5 Å². The molecule has 0 unspecified atom stereocenters. The summed E-state index contributed by atoms with van der Waals surface area (Å²) < 4.78 is 38.1. The first-order chi connectivity index (χ1) is 19.7. The summed E-state index contributed by atoms with van der Waals surface area (Å²) in [5, 5.41) is 10.2. The van der Waals surface area contributed by atoms with Crippen LogP contribution in [0.3, 0.4) is 0 Å². The van der Waals surface area contributed by atoms with Crippen molar-refractivity contribution in [1.29, 1.82) is 0 Å². The molecule has 254 valence electrons. The van der Waals surface area contributed by atoms with Crippen molar-refractivity contribution in [3.8, 4) is 0 Å². The Morgan fingerprint density at radius 3 is 1.36 bits per heavy atom. The van der Waals surface area contributed by atoms with Crippen molar-refractivity contribution in [2.75, 3.05) is 0 Å². The average Bonchev–Trinajstić information content (AvgIpc) is 3.44. The maximum absolute atomic E-state index is 11.6. The molecule has 2 heterocycles. The lowest BCUT2D eigenvalue weighted by Gasteiger charge is -2.46. The van der Waals surface area contributed by atoms with Gasteiger partial charge < -0.3 is 32.9 Å². The molecule has 0 aromatic carbocycles. The fourth-order valence-corrected chi connectivity index (χ4v) is 10.7. The summed E-state index contributed by atoms with van der Waals surface area (Å²) >= 11 is 0. The summed E-state index contributed by atoms with van der Waals surface area (Å²) in [4.78, 5) is 11.6. The van der Waals surface area contributed by atoms with Gasteiger partial charge in [0, 0.05) is 23.7 Å². The number of Topliss-reactive ketones (excluding diaryl/α,β-unsaturated/α-hetero) is 1. The SMILES string of the molecule is CC1(C)O[C@H]2[C@@H](O[Si](C)(C)C(C)(C)C)CC3(CC(=O)C3)[C@H]2O1.CC1(C)O[C@H]2[C@@H](O[Si](C)(C)C(C)(C)C)CC3(CC(O)C3)[C@H]2O1. The number of carbonyl (C=O) groups is 1. The molecule has 10 heteroatoms. The second kappa shape index (κ2) is 10.7. The third kappa shape index (κ3) is 6.22. The van der Waals surface area contributed by atoms with Crippen LogP contribution in [0.1, 0.15) is 108 Å². The number of hydrogen-bond donors (Lipinski definition) is 1. The van der Waals surface area contributed by atoms with Gasteiger partial charge in [0.15, 0.2) is 28.2 Å². The zero-order valence-corrected chi connectivity index (χ0v) is 32.1. The monoisotopic (exact) mass is 654 g/mol. The molecule has 0 aromatic rings. The molecule has 6 atom stereocenters. The van der Waals surface area contributed by atoms with Crippen LogP contribution >= 0.6 is 0 Å². The van der Waals surface area contributed by atoms with Gasteiger partial charge in [0.2, 0.25) is 0 Å². The molecule has 2 spiro atoms. The number of aliphatic hydroxyl groups is 1. The molecule has 6 fully saturated rings. The second-order valence-electron chi connectivity index (χ2n) is 19.0. The highest BCUT2D eigenvalue weighted by Crippen LogP contribution is 2.61. The molecule has 0 amide bonds. The van der Waals surface area contributed by atoms with Gasteiger partial charge in [-0.05, 0) is 89.6 Å². The standard InChI is InChI=1S/C17H32O4Si.C17H30O4Si/c2*1-15(2,3)22(6,7)21-12-10-17(8-11(18)9-17)14-13(12)19-16(4,5)20-14/h11-14,18H,8-10H2,1-7H3;12-14H,8-10H2,1-7H3/t11?,12-,13-,14-,17?;12-,13-,14-/m00/s1. The first-order valence-corrected chi connectivity index (χ1v) is 22.8. The van der Waals surface area contributed by atoms with Crippen LogP contribution in [0, 0.1) is 10.8 Å². The van der Waals surface area contributed by atoms with Gasteiger partial charge in [0.1, 0.15) is 18.0 Å². The Bertz CT molecular complexity index is 1110. The molecule has 0 aromatic heterocycles. The summed E-state index contributed by atoms with van der Waals surface area (Å²) in [6.07, 6.45) is 4.80. The van der Waals surface area contributed by atoms with Gasteiger partial charge in [0.25, 0.3) is 0 Å². The van der Waals surface area contributed by atoms with E-state index in [0.717, 1.165) is 25.7 Å². The van der Waals surface area contributed by atoms with Crippen LogP contribution in [0.2, 0.25) is 36.3 Å². The second-order valence-corrected chi connectivity index (χ2v) is 28.5. The van der Waals surface area contributed by atoms with Gasteiger partial charge >= 0.3 is 0 Å². The summed E-state index contributed by atoms with van der Waals surface area (Å²) in [5.74, 6) is -0.769. The quantitative estimate of drug-likeness (QED) is 0.321. The average molecular weight is 655 g/mol. The predicted octanol–water partition coefficient (Wildman–Crippen LogP) is 7.09. The first kappa shape index (κ1) is 35.1. The van der Waals surface area contributed by atoms with Crippen molar-refractivity contribution in [3.05, 3.63) is 0 Å². The Balaban J connectivity index is 0.000000175. The molecule has 0 radical (unpaired) electrons. The number of hydrogen-bond acceptors (Lipinski definition) is 8. The number of aliphatic hydroxyl groups excluding tert-OH is 1. The normalized spacial score (nSPS) is 40.3. The fraction of sp³-hybridized carbons (Fsp3) is 0.971. The minimum Gasteiger partial charge on any atom is -0.411 e. The maximum Gasteiger partial charge on any atom is 0.192 e. The fourth-order valence-electron chi connectivity index (χ4n) is 8.02. The summed E-state index contributed by atoms with van der Waals surface area (Å²) in [5.41, 5.74) is 0.0213. The maximum atomic E-state index is 11.6. The first-order valence-electron chi connectivity index (χ1n) is 17.0. The van der Waals surface area contributed by atoms with Crippen molar-refractivity contribution in [2.24, 2.45) is 10.8 Å². The van der Waals surface area contributed by atoms with Crippen molar-refractivity contribution >= 4 is 22.4 Å². The van der Waals surface area contributed by atoms with Gasteiger partial charge in [-0.2, -0.15) is 0 Å². The number of ketones is 1. The largest absolute Gasteiger partial charge is 0.411 e. The predicted molar refractivity (Wildman–Crippen MR) is 175 cm³/mol.